The standard InChI is InChI=1S/C27H32N4O3/c1-19-7-6-8-21(13-19)34-26-24-18-30(17-20-14-22(32-2)16-23(15-20)33-3)12-9-25(24)28-27(29-26)31-10-4-5-11-31/h6-8,13-16H,4-5,9-12,17-18H2,1-3H3. The summed E-state index contributed by atoms with van der Waals surface area (Å²) in [6.07, 6.45) is 3.24. The molecule has 2 aromatic carbocycles. The highest BCUT2D eigenvalue weighted by molar-refractivity contribution is 5.44. The molecule has 0 spiro atoms. The van der Waals surface area contributed by atoms with Crippen LogP contribution < -0.4 is 19.1 Å². The van der Waals surface area contributed by atoms with Crippen LogP contribution in [0.5, 0.6) is 23.1 Å². The van der Waals surface area contributed by atoms with Crippen LogP contribution in [0.25, 0.3) is 0 Å². The summed E-state index contributed by atoms with van der Waals surface area (Å²) in [5.74, 6) is 3.88. The number of benzene rings is 2. The van der Waals surface area contributed by atoms with Crippen LogP contribution in [0.15, 0.2) is 42.5 Å². The van der Waals surface area contributed by atoms with Crippen LogP contribution in [0.3, 0.4) is 0 Å². The second kappa shape index (κ2) is 9.89. The van der Waals surface area contributed by atoms with Gasteiger partial charge in [0.15, 0.2) is 0 Å². The molecule has 2 aliphatic heterocycles. The van der Waals surface area contributed by atoms with Crippen molar-refractivity contribution in [3.8, 4) is 23.1 Å². The minimum atomic E-state index is 0.672. The Bertz CT molecular complexity index is 1140. The summed E-state index contributed by atoms with van der Waals surface area (Å²) in [7, 11) is 3.36. The van der Waals surface area contributed by atoms with E-state index < -0.39 is 0 Å². The number of anilines is 1. The molecule has 5 rings (SSSR count). The van der Waals surface area contributed by atoms with Gasteiger partial charge in [-0.15, -0.1) is 0 Å². The molecule has 0 amide bonds. The first-order valence-corrected chi connectivity index (χ1v) is 11.9. The monoisotopic (exact) mass is 460 g/mol. The van der Waals surface area contributed by atoms with Gasteiger partial charge in [0, 0.05) is 45.2 Å². The summed E-state index contributed by atoms with van der Waals surface area (Å²) in [5, 5.41) is 0. The van der Waals surface area contributed by atoms with Gasteiger partial charge in [-0.25, -0.2) is 4.98 Å². The second-order valence-corrected chi connectivity index (χ2v) is 9.05. The Kier molecular flexibility index (Phi) is 6.54. The maximum absolute atomic E-state index is 6.38. The first-order valence-electron chi connectivity index (χ1n) is 11.9. The Hall–Kier alpha value is -3.32. The van der Waals surface area contributed by atoms with Gasteiger partial charge in [-0.2, -0.15) is 4.98 Å². The Morgan fingerprint density at radius 2 is 1.65 bits per heavy atom. The third-order valence-electron chi connectivity index (χ3n) is 6.50. The molecule has 0 N–H and O–H groups in total. The summed E-state index contributed by atoms with van der Waals surface area (Å²) >= 11 is 0. The Balaban J connectivity index is 1.44. The fourth-order valence-corrected chi connectivity index (χ4v) is 4.71. The molecule has 3 aromatic rings. The van der Waals surface area contributed by atoms with E-state index >= 15 is 0 Å². The van der Waals surface area contributed by atoms with Gasteiger partial charge in [0.05, 0.1) is 25.5 Å². The molecule has 3 heterocycles. The molecule has 0 unspecified atom stereocenters. The van der Waals surface area contributed by atoms with Crippen molar-refractivity contribution in [2.24, 2.45) is 0 Å². The number of hydrogen-bond donors (Lipinski definition) is 0. The van der Waals surface area contributed by atoms with Gasteiger partial charge in [0.2, 0.25) is 11.8 Å². The summed E-state index contributed by atoms with van der Waals surface area (Å²) in [5.41, 5.74) is 4.48. The molecule has 0 radical (unpaired) electrons. The minimum Gasteiger partial charge on any atom is -0.497 e. The van der Waals surface area contributed by atoms with Crippen LogP contribution in [-0.2, 0) is 19.5 Å². The zero-order valence-corrected chi connectivity index (χ0v) is 20.2. The zero-order chi connectivity index (χ0) is 23.5. The van der Waals surface area contributed by atoms with E-state index in [0.717, 1.165) is 84.7 Å². The van der Waals surface area contributed by atoms with Crippen molar-refractivity contribution in [3.63, 3.8) is 0 Å². The van der Waals surface area contributed by atoms with Gasteiger partial charge in [-0.3, -0.25) is 4.90 Å². The summed E-state index contributed by atoms with van der Waals surface area (Å²) in [4.78, 5) is 14.6. The first kappa shape index (κ1) is 22.5. The number of rotatable bonds is 7. The quantitative estimate of drug-likeness (QED) is 0.504. The Morgan fingerprint density at radius 3 is 2.35 bits per heavy atom. The van der Waals surface area contributed by atoms with E-state index in [9.17, 15) is 0 Å². The number of ether oxygens (including phenoxy) is 3. The van der Waals surface area contributed by atoms with E-state index in [1.165, 1.54) is 12.8 Å². The Labute approximate surface area is 201 Å². The van der Waals surface area contributed by atoms with Crippen molar-refractivity contribution in [2.45, 2.75) is 39.3 Å². The highest BCUT2D eigenvalue weighted by Crippen LogP contribution is 2.33. The van der Waals surface area contributed by atoms with E-state index in [2.05, 4.69) is 34.9 Å². The fourth-order valence-electron chi connectivity index (χ4n) is 4.71. The lowest BCUT2D eigenvalue weighted by atomic mass is 10.1. The van der Waals surface area contributed by atoms with Crippen LogP contribution >= 0.6 is 0 Å². The molecule has 178 valence electrons. The average molecular weight is 461 g/mol. The highest BCUT2D eigenvalue weighted by Gasteiger charge is 2.26. The van der Waals surface area contributed by atoms with Gasteiger partial charge in [0.1, 0.15) is 17.2 Å². The number of methoxy groups -OCH3 is 2. The summed E-state index contributed by atoms with van der Waals surface area (Å²) in [6.45, 7) is 6.52. The van der Waals surface area contributed by atoms with Crippen molar-refractivity contribution >= 4 is 5.95 Å². The summed E-state index contributed by atoms with van der Waals surface area (Å²) < 4.78 is 17.3. The topological polar surface area (TPSA) is 60.0 Å². The smallest absolute Gasteiger partial charge is 0.228 e. The van der Waals surface area contributed by atoms with Crippen molar-refractivity contribution in [1.29, 1.82) is 0 Å². The summed E-state index contributed by atoms with van der Waals surface area (Å²) in [6, 6.07) is 14.2. The van der Waals surface area contributed by atoms with Crippen molar-refractivity contribution in [3.05, 3.63) is 64.8 Å². The SMILES string of the molecule is COc1cc(CN2CCc3nc(N4CCCC4)nc(Oc4cccc(C)c4)c3C2)cc(OC)c1. The van der Waals surface area contributed by atoms with Crippen LogP contribution in [0, 0.1) is 6.92 Å². The van der Waals surface area contributed by atoms with E-state index in [1.807, 2.05) is 24.3 Å². The minimum absolute atomic E-state index is 0.672. The largest absolute Gasteiger partial charge is 0.497 e. The van der Waals surface area contributed by atoms with E-state index in [1.54, 1.807) is 14.2 Å². The van der Waals surface area contributed by atoms with Crippen molar-refractivity contribution in [1.82, 2.24) is 14.9 Å². The molecule has 34 heavy (non-hydrogen) atoms. The molecule has 1 aromatic heterocycles. The number of aromatic nitrogens is 2. The van der Waals surface area contributed by atoms with Crippen LogP contribution in [0.1, 0.15) is 35.2 Å². The van der Waals surface area contributed by atoms with E-state index in [4.69, 9.17) is 24.2 Å². The predicted octanol–water partition coefficient (Wildman–Crippen LogP) is 4.75. The molecule has 1 saturated heterocycles. The van der Waals surface area contributed by atoms with Crippen molar-refractivity contribution < 1.29 is 14.2 Å². The number of nitrogens with zero attached hydrogens (tertiary/aromatic N) is 4. The van der Waals surface area contributed by atoms with Gasteiger partial charge in [-0.1, -0.05) is 12.1 Å². The molecule has 0 bridgehead atoms. The van der Waals surface area contributed by atoms with Crippen LogP contribution in [0.2, 0.25) is 0 Å². The Morgan fingerprint density at radius 1 is 0.882 bits per heavy atom. The van der Waals surface area contributed by atoms with Crippen LogP contribution in [-0.4, -0.2) is 48.7 Å². The molecule has 0 saturated carbocycles. The number of hydrogen-bond acceptors (Lipinski definition) is 7. The molecule has 0 aliphatic carbocycles. The molecule has 7 nitrogen and oxygen atoms in total. The lowest BCUT2D eigenvalue weighted by Crippen LogP contribution is -2.32. The highest BCUT2D eigenvalue weighted by atomic mass is 16.5. The maximum Gasteiger partial charge on any atom is 0.228 e. The van der Waals surface area contributed by atoms with Gasteiger partial charge >= 0.3 is 0 Å². The lowest BCUT2D eigenvalue weighted by Gasteiger charge is -2.30. The molecule has 0 atom stereocenters. The fraction of sp³-hybridized carbons (Fsp3) is 0.407. The number of fused-ring (bicyclic) bond motifs is 1. The second-order valence-electron chi connectivity index (χ2n) is 9.05. The lowest BCUT2D eigenvalue weighted by molar-refractivity contribution is 0.237. The normalized spacial score (nSPS) is 15.8. The van der Waals surface area contributed by atoms with E-state index in [0.29, 0.717) is 5.88 Å². The maximum atomic E-state index is 6.38. The predicted molar refractivity (Wildman–Crippen MR) is 132 cm³/mol. The third kappa shape index (κ3) is 4.94. The molecule has 7 heteroatoms. The molecule has 2 aliphatic rings. The molecular formula is C27H32N4O3. The molecule has 1 fully saturated rings. The first-order chi connectivity index (χ1) is 16.6. The average Bonchev–Trinajstić information content (AvgIpc) is 3.39. The number of aryl methyl sites for hydroxylation is 1. The van der Waals surface area contributed by atoms with Gasteiger partial charge in [0.25, 0.3) is 0 Å². The van der Waals surface area contributed by atoms with Gasteiger partial charge < -0.3 is 19.1 Å². The van der Waals surface area contributed by atoms with Gasteiger partial charge in [-0.05, 0) is 55.2 Å². The zero-order valence-electron chi connectivity index (χ0n) is 20.2. The molecular weight excluding hydrogens is 428 g/mol. The third-order valence-corrected chi connectivity index (χ3v) is 6.50. The van der Waals surface area contributed by atoms with Crippen molar-refractivity contribution in [2.75, 3.05) is 38.8 Å². The van der Waals surface area contributed by atoms with E-state index in [-0.39, 0.29) is 0 Å². The van der Waals surface area contributed by atoms with Crippen LogP contribution in [0.4, 0.5) is 5.95 Å².